The number of carboxylic acids is 1. The molecule has 6 aromatic rings. The molecule has 1 aliphatic rings. The maximum atomic E-state index is 14.5. The quantitative estimate of drug-likeness (QED) is 0.301. The number of nitrogens with two attached hydrogens (primary N) is 1. The summed E-state index contributed by atoms with van der Waals surface area (Å²) in [6.07, 6.45) is 3.17. The van der Waals surface area contributed by atoms with Crippen LogP contribution in [0.2, 0.25) is 0 Å². The summed E-state index contributed by atoms with van der Waals surface area (Å²) in [5.41, 5.74) is 7.70. The maximum absolute atomic E-state index is 14.5. The van der Waals surface area contributed by atoms with E-state index in [1.165, 1.54) is 4.52 Å². The summed E-state index contributed by atoms with van der Waals surface area (Å²) in [5, 5.41) is 19.1. The van der Waals surface area contributed by atoms with Crippen molar-refractivity contribution >= 4 is 40.2 Å². The molecule has 3 N–H and O–H groups in total. The fraction of sp³-hybridized carbons (Fsp3) is 0.200. The lowest BCUT2D eigenvalue weighted by molar-refractivity contribution is -0.138. The highest BCUT2D eigenvalue weighted by Gasteiger charge is 2.43. The molecule has 7 rings (SSSR count). The van der Waals surface area contributed by atoms with Gasteiger partial charge in [-0.05, 0) is 42.8 Å². The van der Waals surface area contributed by atoms with Crippen molar-refractivity contribution in [1.29, 1.82) is 0 Å². The largest absolute Gasteiger partial charge is 0.478 e. The van der Waals surface area contributed by atoms with Crippen LogP contribution >= 0.6 is 0 Å². The Labute approximate surface area is 244 Å². The molecule has 0 spiro atoms. The number of carbonyl (C=O) groups is 2. The van der Waals surface area contributed by atoms with E-state index in [2.05, 4.69) is 20.0 Å². The number of furan rings is 1. The zero-order valence-electron chi connectivity index (χ0n) is 23.2. The highest BCUT2D eigenvalue weighted by atomic mass is 16.4. The average Bonchev–Trinajstić information content (AvgIpc) is 3.81. The smallest absolute Gasteiger partial charge is 0.335 e. The van der Waals surface area contributed by atoms with E-state index in [-0.39, 0.29) is 17.4 Å². The van der Waals surface area contributed by atoms with E-state index in [0.717, 1.165) is 11.3 Å². The maximum Gasteiger partial charge on any atom is 0.335 e. The van der Waals surface area contributed by atoms with Crippen LogP contribution in [0.5, 0.6) is 0 Å². The van der Waals surface area contributed by atoms with Crippen molar-refractivity contribution in [2.45, 2.75) is 12.5 Å². The molecular formula is C30H27N9O4. The zero-order chi connectivity index (χ0) is 29.7. The second-order valence-corrected chi connectivity index (χ2v) is 10.5. The van der Waals surface area contributed by atoms with Gasteiger partial charge in [-0.15, -0.1) is 5.10 Å². The van der Waals surface area contributed by atoms with Gasteiger partial charge < -0.3 is 25.1 Å². The number of amides is 1. The van der Waals surface area contributed by atoms with Crippen molar-refractivity contribution < 1.29 is 19.1 Å². The number of anilines is 2. The summed E-state index contributed by atoms with van der Waals surface area (Å²) in [6, 6.07) is 19.8. The molecule has 0 radical (unpaired) electrons. The summed E-state index contributed by atoms with van der Waals surface area (Å²) in [6.45, 7) is 3.80. The van der Waals surface area contributed by atoms with Gasteiger partial charge in [-0.25, -0.2) is 14.5 Å². The van der Waals surface area contributed by atoms with E-state index in [4.69, 9.17) is 15.2 Å². The first-order valence-electron chi connectivity index (χ1n) is 13.7. The Bertz CT molecular complexity index is 1980. The number of carboxylic acid groups (broad SMARTS) is 1. The monoisotopic (exact) mass is 577 g/mol. The van der Waals surface area contributed by atoms with Crippen molar-refractivity contribution in [2.75, 3.05) is 36.8 Å². The number of hydrogen-bond acceptors (Lipinski definition) is 9. The highest BCUT2D eigenvalue weighted by Crippen LogP contribution is 2.33. The molecule has 216 valence electrons. The molecule has 1 unspecified atom stereocenters. The minimum atomic E-state index is -1.27. The lowest BCUT2D eigenvalue weighted by atomic mass is 9.90. The van der Waals surface area contributed by atoms with Crippen LogP contribution in [0.1, 0.15) is 22.8 Å². The molecule has 2 aromatic carbocycles. The van der Waals surface area contributed by atoms with E-state index in [9.17, 15) is 14.7 Å². The molecule has 1 aliphatic heterocycles. The van der Waals surface area contributed by atoms with Crippen LogP contribution in [-0.4, -0.2) is 77.4 Å². The van der Waals surface area contributed by atoms with E-state index in [1.807, 2.05) is 48.2 Å². The van der Waals surface area contributed by atoms with Gasteiger partial charge in [-0.1, -0.05) is 36.4 Å². The fourth-order valence-corrected chi connectivity index (χ4v) is 5.66. The Morgan fingerprint density at radius 2 is 1.74 bits per heavy atom. The standard InChI is InChI=1S/C30H27N9O4/c1-30(20-8-3-2-4-9-20,28(42)37-14-12-36(13-15-37)21-10-5-7-19(17-21)27(40)41)39-26-22(18-32-39)25-33-24(23-11-6-16-43-23)35-38(25)29(31)34-26/h2-11,16-18H,12-15H2,1H3,(H2,31,34)(H,40,41). The molecule has 1 saturated heterocycles. The third kappa shape index (κ3) is 4.24. The van der Waals surface area contributed by atoms with Gasteiger partial charge in [-0.2, -0.15) is 14.6 Å². The van der Waals surface area contributed by atoms with E-state index >= 15 is 0 Å². The van der Waals surface area contributed by atoms with Crippen LogP contribution < -0.4 is 10.6 Å². The molecule has 0 saturated carbocycles. The van der Waals surface area contributed by atoms with Crippen LogP contribution in [0.15, 0.2) is 83.6 Å². The number of nitrogens with zero attached hydrogens (tertiary/aromatic N) is 8. The minimum absolute atomic E-state index is 0.0922. The SMILES string of the molecule is CC(C(=O)N1CCN(c2cccc(C(=O)O)c2)CC1)(c1ccccc1)n1ncc2c1nc(N)n1nc(-c3ccco3)nc21. The van der Waals surface area contributed by atoms with E-state index in [0.29, 0.717) is 54.4 Å². The molecule has 43 heavy (non-hydrogen) atoms. The topological polar surface area (TPSA) is 161 Å². The Balaban J connectivity index is 1.26. The normalized spacial score (nSPS) is 15.2. The van der Waals surface area contributed by atoms with E-state index < -0.39 is 11.5 Å². The molecule has 1 fully saturated rings. The molecular weight excluding hydrogens is 550 g/mol. The van der Waals surface area contributed by atoms with Crippen LogP contribution in [0.4, 0.5) is 11.6 Å². The lowest BCUT2D eigenvalue weighted by Crippen LogP contribution is -2.56. The second-order valence-electron chi connectivity index (χ2n) is 10.5. The number of aromatic nitrogens is 6. The van der Waals surface area contributed by atoms with Gasteiger partial charge in [-0.3, -0.25) is 4.79 Å². The van der Waals surface area contributed by atoms with Crippen LogP contribution in [-0.2, 0) is 10.3 Å². The van der Waals surface area contributed by atoms with Crippen molar-refractivity contribution in [2.24, 2.45) is 0 Å². The molecule has 1 amide bonds. The fourth-order valence-electron chi connectivity index (χ4n) is 5.66. The molecule has 13 heteroatoms. The van der Waals surface area contributed by atoms with Crippen LogP contribution in [0, 0.1) is 0 Å². The number of piperazine rings is 1. The van der Waals surface area contributed by atoms with Crippen LogP contribution in [0.25, 0.3) is 28.3 Å². The van der Waals surface area contributed by atoms with Gasteiger partial charge in [0.15, 0.2) is 22.6 Å². The summed E-state index contributed by atoms with van der Waals surface area (Å²) in [5.74, 6) is -0.194. The number of rotatable bonds is 6. The van der Waals surface area contributed by atoms with Crippen molar-refractivity contribution in [3.8, 4) is 11.6 Å². The van der Waals surface area contributed by atoms with Gasteiger partial charge in [0.2, 0.25) is 11.8 Å². The molecule has 0 aliphatic carbocycles. The highest BCUT2D eigenvalue weighted by molar-refractivity contribution is 5.94. The first kappa shape index (κ1) is 26.2. The number of aromatic carboxylic acids is 1. The number of fused-ring (bicyclic) bond motifs is 3. The molecule has 5 heterocycles. The Hall–Kier alpha value is -5.72. The van der Waals surface area contributed by atoms with Crippen LogP contribution in [0.3, 0.4) is 0 Å². The van der Waals surface area contributed by atoms with Crippen molar-refractivity contribution in [3.63, 3.8) is 0 Å². The van der Waals surface area contributed by atoms with Gasteiger partial charge in [0.05, 0.1) is 23.4 Å². The predicted molar refractivity (Wildman–Crippen MR) is 158 cm³/mol. The number of nitrogen functional groups attached to an aromatic ring is 1. The lowest BCUT2D eigenvalue weighted by Gasteiger charge is -2.41. The van der Waals surface area contributed by atoms with Crippen molar-refractivity contribution in [1.82, 2.24) is 34.3 Å². The molecule has 0 bridgehead atoms. The van der Waals surface area contributed by atoms with E-state index in [1.54, 1.807) is 47.5 Å². The number of benzene rings is 2. The summed E-state index contributed by atoms with van der Waals surface area (Å²) < 4.78 is 8.52. The number of hydrogen-bond donors (Lipinski definition) is 2. The van der Waals surface area contributed by atoms with Gasteiger partial charge in [0, 0.05) is 31.9 Å². The Morgan fingerprint density at radius 3 is 2.47 bits per heavy atom. The summed E-state index contributed by atoms with van der Waals surface area (Å²) >= 11 is 0. The van der Waals surface area contributed by atoms with Gasteiger partial charge >= 0.3 is 5.97 Å². The average molecular weight is 578 g/mol. The third-order valence-electron chi connectivity index (χ3n) is 7.97. The first-order chi connectivity index (χ1) is 20.8. The summed E-state index contributed by atoms with van der Waals surface area (Å²) in [4.78, 5) is 39.2. The van der Waals surface area contributed by atoms with Gasteiger partial charge in [0.1, 0.15) is 0 Å². The predicted octanol–water partition coefficient (Wildman–Crippen LogP) is 3.13. The Morgan fingerprint density at radius 1 is 0.953 bits per heavy atom. The Kier molecular flexibility index (Phi) is 6.08. The number of carbonyl (C=O) groups excluding carboxylic acids is 1. The minimum Gasteiger partial charge on any atom is -0.478 e. The second kappa shape index (κ2) is 9.98. The van der Waals surface area contributed by atoms with Gasteiger partial charge in [0.25, 0.3) is 5.91 Å². The molecule has 4 aromatic heterocycles. The van der Waals surface area contributed by atoms with Crippen molar-refractivity contribution in [3.05, 3.63) is 90.3 Å². The molecule has 1 atom stereocenters. The first-order valence-corrected chi connectivity index (χ1v) is 13.7. The summed E-state index contributed by atoms with van der Waals surface area (Å²) in [7, 11) is 0. The molecule has 13 nitrogen and oxygen atoms in total. The third-order valence-corrected chi connectivity index (χ3v) is 7.97. The zero-order valence-corrected chi connectivity index (χ0v) is 23.2.